The van der Waals surface area contributed by atoms with Crippen molar-refractivity contribution >= 4 is 0 Å². The van der Waals surface area contributed by atoms with Crippen LogP contribution >= 0.6 is 0 Å². The lowest BCUT2D eigenvalue weighted by atomic mass is 10.1. The van der Waals surface area contributed by atoms with Gasteiger partial charge in [-0.1, -0.05) is 12.1 Å². The Bertz CT molecular complexity index is 447. The highest BCUT2D eigenvalue weighted by molar-refractivity contribution is 5.27. The highest BCUT2D eigenvalue weighted by atomic mass is 19.4. The van der Waals surface area contributed by atoms with Crippen LogP contribution in [0.4, 0.5) is 13.2 Å². The summed E-state index contributed by atoms with van der Waals surface area (Å²) in [6.07, 6.45) is -5.50. The van der Waals surface area contributed by atoms with Crippen molar-refractivity contribution in [2.45, 2.75) is 18.4 Å². The predicted octanol–water partition coefficient (Wildman–Crippen LogP) is 1.74. The highest BCUT2D eigenvalue weighted by Crippen LogP contribution is 2.30. The highest BCUT2D eigenvalue weighted by Gasteiger charge is 2.30. The number of alkyl halides is 3. The Balaban J connectivity index is 1.83. The molecule has 1 saturated heterocycles. The van der Waals surface area contributed by atoms with Gasteiger partial charge in [-0.3, -0.25) is 0 Å². The molecule has 7 heteroatoms. The van der Waals surface area contributed by atoms with Crippen molar-refractivity contribution in [1.29, 1.82) is 0 Å². The second-order valence-corrected chi connectivity index (χ2v) is 4.86. The van der Waals surface area contributed by atoms with Gasteiger partial charge >= 0.3 is 6.18 Å². The molecule has 0 aromatic heterocycles. The minimum Gasteiger partial charge on any atom is -0.387 e. The monoisotopic (exact) mass is 305 g/mol. The van der Waals surface area contributed by atoms with Crippen LogP contribution in [-0.4, -0.2) is 44.1 Å². The van der Waals surface area contributed by atoms with Crippen LogP contribution in [0, 0.1) is 0 Å². The Morgan fingerprint density at radius 3 is 2.81 bits per heavy atom. The third-order valence-corrected chi connectivity index (χ3v) is 3.19. The summed E-state index contributed by atoms with van der Waals surface area (Å²) in [6.45, 7) is 2.22. The van der Waals surface area contributed by atoms with Gasteiger partial charge in [-0.15, -0.1) is 0 Å². The van der Waals surface area contributed by atoms with Crippen molar-refractivity contribution in [2.75, 3.05) is 32.9 Å². The fourth-order valence-corrected chi connectivity index (χ4v) is 2.08. The average Bonchev–Trinajstić information content (AvgIpc) is 2.47. The van der Waals surface area contributed by atoms with Crippen LogP contribution in [0.25, 0.3) is 0 Å². The molecule has 2 unspecified atom stereocenters. The molecule has 0 radical (unpaired) electrons. The van der Waals surface area contributed by atoms with Gasteiger partial charge in [0.2, 0.25) is 0 Å². The zero-order valence-corrected chi connectivity index (χ0v) is 11.4. The first-order valence-electron chi connectivity index (χ1n) is 6.72. The second-order valence-electron chi connectivity index (χ2n) is 4.86. The number of nitrogens with one attached hydrogen (secondary N) is 1. The van der Waals surface area contributed by atoms with Crippen LogP contribution < -0.4 is 5.32 Å². The lowest BCUT2D eigenvalue weighted by Crippen LogP contribution is -2.38. The second kappa shape index (κ2) is 7.22. The van der Waals surface area contributed by atoms with Gasteiger partial charge in [-0.05, 0) is 17.7 Å². The van der Waals surface area contributed by atoms with Crippen LogP contribution in [-0.2, 0) is 15.7 Å². The topological polar surface area (TPSA) is 50.7 Å². The van der Waals surface area contributed by atoms with E-state index in [9.17, 15) is 18.3 Å². The molecule has 2 rings (SSSR count). The van der Waals surface area contributed by atoms with Crippen LogP contribution in [0.15, 0.2) is 24.3 Å². The van der Waals surface area contributed by atoms with E-state index in [2.05, 4.69) is 5.32 Å². The zero-order chi connectivity index (χ0) is 15.3. The largest absolute Gasteiger partial charge is 0.416 e. The third-order valence-electron chi connectivity index (χ3n) is 3.19. The molecular weight excluding hydrogens is 287 g/mol. The smallest absolute Gasteiger partial charge is 0.387 e. The fraction of sp³-hybridized carbons (Fsp3) is 0.571. The number of hydrogen-bond donors (Lipinski definition) is 2. The van der Waals surface area contributed by atoms with E-state index in [-0.39, 0.29) is 18.2 Å². The van der Waals surface area contributed by atoms with Crippen LogP contribution in [0.2, 0.25) is 0 Å². The molecule has 2 N–H and O–H groups in total. The lowest BCUT2D eigenvalue weighted by Gasteiger charge is -2.23. The van der Waals surface area contributed by atoms with Gasteiger partial charge in [-0.25, -0.2) is 0 Å². The molecular formula is C14H18F3NO3. The molecule has 0 spiro atoms. The Morgan fingerprint density at radius 1 is 1.33 bits per heavy atom. The van der Waals surface area contributed by atoms with Gasteiger partial charge in [0.15, 0.2) is 0 Å². The Hall–Kier alpha value is -1.15. The maximum atomic E-state index is 12.6. The maximum absolute atomic E-state index is 12.6. The van der Waals surface area contributed by atoms with Gasteiger partial charge < -0.3 is 19.9 Å². The first-order chi connectivity index (χ1) is 9.97. The van der Waals surface area contributed by atoms with Crippen molar-refractivity contribution in [3.05, 3.63) is 35.4 Å². The predicted molar refractivity (Wildman–Crippen MR) is 69.8 cm³/mol. The third kappa shape index (κ3) is 4.96. The number of rotatable bonds is 5. The molecule has 21 heavy (non-hydrogen) atoms. The molecule has 118 valence electrons. The van der Waals surface area contributed by atoms with Crippen molar-refractivity contribution < 1.29 is 27.8 Å². The molecule has 1 aromatic rings. The average molecular weight is 305 g/mol. The number of halogens is 3. The molecule has 1 aliphatic rings. The van der Waals surface area contributed by atoms with Gasteiger partial charge in [-0.2, -0.15) is 13.2 Å². The van der Waals surface area contributed by atoms with E-state index in [1.165, 1.54) is 12.1 Å². The normalized spacial score (nSPS) is 21.2. The Kier molecular flexibility index (Phi) is 5.58. The molecule has 4 nitrogen and oxygen atoms in total. The first-order valence-corrected chi connectivity index (χ1v) is 6.72. The van der Waals surface area contributed by atoms with E-state index in [0.717, 1.165) is 12.1 Å². The number of aliphatic hydroxyl groups excluding tert-OH is 1. The van der Waals surface area contributed by atoms with Crippen molar-refractivity contribution in [3.63, 3.8) is 0 Å². The van der Waals surface area contributed by atoms with Gasteiger partial charge in [0, 0.05) is 13.1 Å². The summed E-state index contributed by atoms with van der Waals surface area (Å²) >= 11 is 0. The molecule has 0 aliphatic carbocycles. The molecule has 0 bridgehead atoms. The van der Waals surface area contributed by atoms with Gasteiger partial charge in [0.1, 0.15) is 0 Å². The minimum atomic E-state index is -4.41. The molecule has 1 aliphatic heterocycles. The molecule has 2 atom stereocenters. The van der Waals surface area contributed by atoms with E-state index in [4.69, 9.17) is 9.47 Å². The minimum absolute atomic E-state index is 0.0903. The number of ether oxygens (including phenoxy) is 2. The molecule has 0 saturated carbocycles. The summed E-state index contributed by atoms with van der Waals surface area (Å²) in [6, 6.07) is 4.71. The zero-order valence-electron chi connectivity index (χ0n) is 11.4. The van der Waals surface area contributed by atoms with Gasteiger partial charge in [0.05, 0.1) is 37.6 Å². The van der Waals surface area contributed by atoms with E-state index in [0.29, 0.717) is 26.4 Å². The first kappa shape index (κ1) is 16.2. The lowest BCUT2D eigenvalue weighted by molar-refractivity contribution is -0.137. The summed E-state index contributed by atoms with van der Waals surface area (Å²) < 4.78 is 48.4. The van der Waals surface area contributed by atoms with E-state index in [1.54, 1.807) is 0 Å². The van der Waals surface area contributed by atoms with E-state index >= 15 is 0 Å². The summed E-state index contributed by atoms with van der Waals surface area (Å²) in [5, 5.41) is 12.9. The molecule has 1 heterocycles. The Morgan fingerprint density at radius 2 is 2.14 bits per heavy atom. The summed E-state index contributed by atoms with van der Waals surface area (Å²) in [4.78, 5) is 0. The molecule has 1 fully saturated rings. The fourth-order valence-electron chi connectivity index (χ4n) is 2.08. The van der Waals surface area contributed by atoms with Crippen LogP contribution in [0.5, 0.6) is 0 Å². The van der Waals surface area contributed by atoms with Gasteiger partial charge in [0.25, 0.3) is 0 Å². The Labute approximate surface area is 120 Å². The van der Waals surface area contributed by atoms with Crippen molar-refractivity contribution in [2.24, 2.45) is 0 Å². The number of benzene rings is 1. The number of hydrogen-bond acceptors (Lipinski definition) is 4. The van der Waals surface area contributed by atoms with Crippen molar-refractivity contribution in [3.8, 4) is 0 Å². The quantitative estimate of drug-likeness (QED) is 0.870. The van der Waals surface area contributed by atoms with E-state index < -0.39 is 17.8 Å². The summed E-state index contributed by atoms with van der Waals surface area (Å²) in [5.41, 5.74) is -0.527. The molecule has 1 aromatic carbocycles. The number of aliphatic hydroxyl groups is 1. The SMILES string of the molecule is OC(CNCC1COCCO1)c1cccc(C(F)(F)F)c1. The van der Waals surface area contributed by atoms with E-state index in [1.807, 2.05) is 0 Å². The standard InChI is InChI=1S/C14H18F3NO3/c15-14(16,17)11-3-1-2-10(6-11)13(19)8-18-7-12-9-20-4-5-21-12/h1-3,6,12-13,18-19H,4-5,7-9H2. The van der Waals surface area contributed by atoms with Crippen LogP contribution in [0.3, 0.4) is 0 Å². The maximum Gasteiger partial charge on any atom is 0.416 e. The molecule has 0 amide bonds. The summed E-state index contributed by atoms with van der Waals surface area (Å²) in [7, 11) is 0. The van der Waals surface area contributed by atoms with Crippen molar-refractivity contribution in [1.82, 2.24) is 5.32 Å². The summed E-state index contributed by atoms with van der Waals surface area (Å²) in [5.74, 6) is 0. The van der Waals surface area contributed by atoms with Crippen LogP contribution in [0.1, 0.15) is 17.2 Å².